The maximum absolute atomic E-state index is 8.70. The second-order valence-electron chi connectivity index (χ2n) is 4.35. The zero-order chi connectivity index (χ0) is 14.3. The molecule has 19 heavy (non-hydrogen) atoms. The van der Waals surface area contributed by atoms with Gasteiger partial charge in [0.25, 0.3) is 0 Å². The van der Waals surface area contributed by atoms with Gasteiger partial charge < -0.3 is 10.2 Å². The van der Waals surface area contributed by atoms with Crippen LogP contribution < -0.4 is 10.2 Å². The van der Waals surface area contributed by atoms with Gasteiger partial charge in [0.05, 0.1) is 12.5 Å². The summed E-state index contributed by atoms with van der Waals surface area (Å²) in [4.78, 5) is 14.5. The fraction of sp³-hybridized carbons (Fsp3) is 0.667. The number of anilines is 2. The molecule has 0 bridgehead atoms. The van der Waals surface area contributed by atoms with Crippen molar-refractivity contribution in [3.05, 3.63) is 5.28 Å². The molecule has 1 N–H and O–H groups in total. The van der Waals surface area contributed by atoms with Crippen molar-refractivity contribution in [3.63, 3.8) is 0 Å². The standard InChI is InChI=1S/C12H19ClN6/c1-4-7-15-11-16-10(13)17-12(18-11)19(9(2)3)8-5-6-14/h9H,4-5,7-8H2,1-3H3,(H,15,16,17,18). The van der Waals surface area contributed by atoms with Crippen LogP contribution >= 0.6 is 11.6 Å². The smallest absolute Gasteiger partial charge is 0.231 e. The fourth-order valence-corrected chi connectivity index (χ4v) is 1.70. The van der Waals surface area contributed by atoms with E-state index in [0.29, 0.717) is 24.9 Å². The van der Waals surface area contributed by atoms with Gasteiger partial charge in [0.15, 0.2) is 0 Å². The number of rotatable bonds is 7. The third-order valence-corrected chi connectivity index (χ3v) is 2.64. The van der Waals surface area contributed by atoms with Crippen LogP contribution in [0.3, 0.4) is 0 Å². The second-order valence-corrected chi connectivity index (χ2v) is 4.69. The minimum Gasteiger partial charge on any atom is -0.354 e. The van der Waals surface area contributed by atoms with Gasteiger partial charge >= 0.3 is 0 Å². The van der Waals surface area contributed by atoms with E-state index in [1.807, 2.05) is 18.7 Å². The molecule has 0 atom stereocenters. The van der Waals surface area contributed by atoms with Gasteiger partial charge in [-0.15, -0.1) is 0 Å². The highest BCUT2D eigenvalue weighted by atomic mass is 35.5. The largest absolute Gasteiger partial charge is 0.354 e. The summed E-state index contributed by atoms with van der Waals surface area (Å²) in [5.41, 5.74) is 0. The molecular formula is C12H19ClN6. The van der Waals surface area contributed by atoms with Gasteiger partial charge in [-0.05, 0) is 31.9 Å². The van der Waals surface area contributed by atoms with E-state index < -0.39 is 0 Å². The highest BCUT2D eigenvalue weighted by molar-refractivity contribution is 6.28. The van der Waals surface area contributed by atoms with Crippen LogP contribution in [0.25, 0.3) is 0 Å². The van der Waals surface area contributed by atoms with E-state index in [2.05, 4.69) is 33.3 Å². The number of halogens is 1. The zero-order valence-electron chi connectivity index (χ0n) is 11.5. The second kappa shape index (κ2) is 7.74. The number of nitrogens with zero attached hydrogens (tertiary/aromatic N) is 5. The summed E-state index contributed by atoms with van der Waals surface area (Å²) in [7, 11) is 0. The fourth-order valence-electron chi connectivity index (χ4n) is 1.54. The molecule has 6 nitrogen and oxygen atoms in total. The Morgan fingerprint density at radius 1 is 1.37 bits per heavy atom. The summed E-state index contributed by atoms with van der Waals surface area (Å²) in [6.45, 7) is 7.45. The Hall–Kier alpha value is -1.61. The monoisotopic (exact) mass is 282 g/mol. The van der Waals surface area contributed by atoms with Crippen LogP contribution in [0.2, 0.25) is 5.28 Å². The number of hydrogen-bond acceptors (Lipinski definition) is 6. The number of hydrogen-bond donors (Lipinski definition) is 1. The lowest BCUT2D eigenvalue weighted by Crippen LogP contribution is -2.33. The molecule has 0 aliphatic heterocycles. The van der Waals surface area contributed by atoms with E-state index in [1.54, 1.807) is 0 Å². The predicted molar refractivity (Wildman–Crippen MR) is 76.3 cm³/mol. The highest BCUT2D eigenvalue weighted by Crippen LogP contribution is 2.16. The Labute approximate surface area is 118 Å². The van der Waals surface area contributed by atoms with Gasteiger partial charge in [-0.1, -0.05) is 6.92 Å². The summed E-state index contributed by atoms with van der Waals surface area (Å²) in [6.07, 6.45) is 1.39. The van der Waals surface area contributed by atoms with Crippen LogP contribution in [0.15, 0.2) is 0 Å². The molecule has 0 aliphatic rings. The predicted octanol–water partition coefficient (Wildman–Crippen LogP) is 2.48. The van der Waals surface area contributed by atoms with Gasteiger partial charge in [0.1, 0.15) is 0 Å². The topological polar surface area (TPSA) is 77.7 Å². The van der Waals surface area contributed by atoms with Crippen LogP contribution in [0.1, 0.15) is 33.6 Å². The first-order valence-electron chi connectivity index (χ1n) is 6.37. The van der Waals surface area contributed by atoms with Gasteiger partial charge in [0.2, 0.25) is 17.2 Å². The third kappa shape index (κ3) is 4.87. The summed E-state index contributed by atoms with van der Waals surface area (Å²) < 4.78 is 0. The van der Waals surface area contributed by atoms with Gasteiger partial charge in [-0.3, -0.25) is 0 Å². The first-order chi connectivity index (χ1) is 9.08. The molecule has 0 unspecified atom stereocenters. The third-order valence-electron chi connectivity index (χ3n) is 2.47. The van der Waals surface area contributed by atoms with Crippen LogP contribution in [0.5, 0.6) is 0 Å². The van der Waals surface area contributed by atoms with Crippen molar-refractivity contribution in [1.82, 2.24) is 15.0 Å². The van der Waals surface area contributed by atoms with Crippen molar-refractivity contribution in [3.8, 4) is 6.07 Å². The lowest BCUT2D eigenvalue weighted by atomic mass is 10.3. The summed E-state index contributed by atoms with van der Waals surface area (Å²) in [5.74, 6) is 0.975. The van der Waals surface area contributed by atoms with Crippen molar-refractivity contribution in [2.45, 2.75) is 39.7 Å². The van der Waals surface area contributed by atoms with Crippen LogP contribution in [0, 0.1) is 11.3 Å². The molecule has 0 saturated carbocycles. The first-order valence-corrected chi connectivity index (χ1v) is 6.75. The zero-order valence-corrected chi connectivity index (χ0v) is 12.3. The van der Waals surface area contributed by atoms with E-state index in [4.69, 9.17) is 16.9 Å². The summed E-state index contributed by atoms with van der Waals surface area (Å²) >= 11 is 5.92. The number of aromatic nitrogens is 3. The molecule has 1 aromatic rings. The minimum atomic E-state index is 0.159. The molecule has 0 radical (unpaired) electrons. The highest BCUT2D eigenvalue weighted by Gasteiger charge is 2.15. The quantitative estimate of drug-likeness (QED) is 0.828. The summed E-state index contributed by atoms with van der Waals surface area (Å²) in [5, 5.41) is 11.9. The maximum Gasteiger partial charge on any atom is 0.231 e. The van der Waals surface area contributed by atoms with Gasteiger partial charge in [-0.25, -0.2) is 0 Å². The average molecular weight is 283 g/mol. The molecule has 104 valence electrons. The molecule has 1 heterocycles. The van der Waals surface area contributed by atoms with E-state index in [-0.39, 0.29) is 11.3 Å². The molecule has 1 aromatic heterocycles. The molecule has 0 amide bonds. The van der Waals surface area contributed by atoms with Gasteiger partial charge in [-0.2, -0.15) is 20.2 Å². The molecule has 7 heteroatoms. The van der Waals surface area contributed by atoms with Crippen LogP contribution in [0.4, 0.5) is 11.9 Å². The lowest BCUT2D eigenvalue weighted by Gasteiger charge is -2.25. The maximum atomic E-state index is 8.70. The normalized spacial score (nSPS) is 10.3. The minimum absolute atomic E-state index is 0.159. The molecule has 0 aromatic carbocycles. The Bertz CT molecular complexity index is 442. The van der Waals surface area contributed by atoms with Crippen molar-refractivity contribution >= 4 is 23.5 Å². The average Bonchev–Trinajstić information content (AvgIpc) is 2.36. The lowest BCUT2D eigenvalue weighted by molar-refractivity contribution is 0.663. The number of nitriles is 1. The molecule has 1 rings (SSSR count). The Balaban J connectivity index is 2.95. The molecule has 0 aliphatic carbocycles. The van der Waals surface area contributed by atoms with E-state index in [9.17, 15) is 0 Å². The van der Waals surface area contributed by atoms with E-state index in [1.165, 1.54) is 0 Å². The molecule has 0 fully saturated rings. The van der Waals surface area contributed by atoms with E-state index in [0.717, 1.165) is 13.0 Å². The van der Waals surface area contributed by atoms with Crippen molar-refractivity contribution < 1.29 is 0 Å². The van der Waals surface area contributed by atoms with E-state index >= 15 is 0 Å². The Kier molecular flexibility index (Phi) is 6.30. The van der Waals surface area contributed by atoms with Gasteiger partial charge in [0, 0.05) is 19.1 Å². The Morgan fingerprint density at radius 2 is 2.11 bits per heavy atom. The van der Waals surface area contributed by atoms with Crippen molar-refractivity contribution in [1.29, 1.82) is 5.26 Å². The first kappa shape index (κ1) is 15.4. The van der Waals surface area contributed by atoms with Crippen LogP contribution in [-0.4, -0.2) is 34.1 Å². The van der Waals surface area contributed by atoms with Crippen LogP contribution in [-0.2, 0) is 0 Å². The SMILES string of the molecule is CCCNc1nc(Cl)nc(N(CCC#N)C(C)C)n1. The molecular weight excluding hydrogens is 264 g/mol. The molecule has 0 spiro atoms. The number of nitrogens with one attached hydrogen (secondary N) is 1. The van der Waals surface area contributed by atoms with Crippen molar-refractivity contribution in [2.75, 3.05) is 23.3 Å². The Morgan fingerprint density at radius 3 is 2.68 bits per heavy atom. The molecule has 0 saturated heterocycles. The summed E-state index contributed by atoms with van der Waals surface area (Å²) in [6, 6.07) is 2.31. The van der Waals surface area contributed by atoms with Crippen molar-refractivity contribution in [2.24, 2.45) is 0 Å².